The Labute approximate surface area is 172 Å². The summed E-state index contributed by atoms with van der Waals surface area (Å²) >= 11 is 3.02. The molecule has 6 nitrogen and oxygen atoms in total. The number of benzene rings is 1. The molecule has 0 unspecified atom stereocenters. The van der Waals surface area contributed by atoms with Crippen molar-refractivity contribution in [3.05, 3.63) is 46.3 Å². The second-order valence-electron chi connectivity index (χ2n) is 6.94. The number of nitrogens with one attached hydrogen (secondary N) is 1. The summed E-state index contributed by atoms with van der Waals surface area (Å²) in [4.78, 5) is 25.8. The number of thioether (sulfide) groups is 1. The maximum Gasteiger partial charge on any atom is 0.230 e. The molecule has 0 bridgehead atoms. The van der Waals surface area contributed by atoms with Crippen LogP contribution in [0.1, 0.15) is 16.0 Å². The SMILES string of the molecule is CN1CCc2c(sc3nc(SCC(=O)NCCc4ccccc4)nc(N)c23)C1. The molecule has 1 aromatic carbocycles. The molecular weight excluding hydrogens is 390 g/mol. The number of carbonyl (C=O) groups is 1. The highest BCUT2D eigenvalue weighted by atomic mass is 32.2. The summed E-state index contributed by atoms with van der Waals surface area (Å²) in [6.07, 6.45) is 1.80. The highest BCUT2D eigenvalue weighted by Gasteiger charge is 2.22. The van der Waals surface area contributed by atoms with Gasteiger partial charge in [0.2, 0.25) is 5.91 Å². The highest BCUT2D eigenvalue weighted by molar-refractivity contribution is 7.99. The van der Waals surface area contributed by atoms with Crippen molar-refractivity contribution in [1.82, 2.24) is 20.2 Å². The van der Waals surface area contributed by atoms with Gasteiger partial charge in [-0.1, -0.05) is 42.1 Å². The van der Waals surface area contributed by atoms with E-state index in [2.05, 4.69) is 39.4 Å². The molecule has 0 spiro atoms. The van der Waals surface area contributed by atoms with Gasteiger partial charge in [-0.05, 0) is 31.0 Å². The molecule has 28 heavy (non-hydrogen) atoms. The zero-order chi connectivity index (χ0) is 19.5. The van der Waals surface area contributed by atoms with Gasteiger partial charge in [0.25, 0.3) is 0 Å². The normalized spacial score (nSPS) is 14.2. The van der Waals surface area contributed by atoms with Gasteiger partial charge in [0.15, 0.2) is 5.16 Å². The Morgan fingerprint density at radius 1 is 1.32 bits per heavy atom. The van der Waals surface area contributed by atoms with Crippen molar-refractivity contribution in [2.24, 2.45) is 0 Å². The van der Waals surface area contributed by atoms with E-state index in [1.807, 2.05) is 18.2 Å². The number of rotatable bonds is 6. The van der Waals surface area contributed by atoms with E-state index in [4.69, 9.17) is 5.73 Å². The van der Waals surface area contributed by atoms with Crippen LogP contribution >= 0.6 is 23.1 Å². The lowest BCUT2D eigenvalue weighted by Gasteiger charge is -2.22. The van der Waals surface area contributed by atoms with Gasteiger partial charge in [0, 0.05) is 24.5 Å². The van der Waals surface area contributed by atoms with Crippen LogP contribution in [0.25, 0.3) is 10.2 Å². The first-order chi connectivity index (χ1) is 13.6. The number of hydrogen-bond donors (Lipinski definition) is 2. The molecule has 1 amide bonds. The molecule has 4 rings (SSSR count). The number of anilines is 1. The van der Waals surface area contributed by atoms with Crippen LogP contribution in [0.3, 0.4) is 0 Å². The summed E-state index contributed by atoms with van der Waals surface area (Å²) < 4.78 is 0. The lowest BCUT2D eigenvalue weighted by Crippen LogP contribution is -2.27. The number of amides is 1. The average Bonchev–Trinajstić information content (AvgIpc) is 3.05. The fourth-order valence-corrected chi connectivity index (χ4v) is 5.41. The fraction of sp³-hybridized carbons (Fsp3) is 0.350. The fourth-order valence-electron chi connectivity index (χ4n) is 3.37. The number of thiophene rings is 1. The number of fused-ring (bicyclic) bond motifs is 3. The van der Waals surface area contributed by atoms with Crippen LogP contribution in [0.4, 0.5) is 5.82 Å². The van der Waals surface area contributed by atoms with Crippen LogP contribution in [0.15, 0.2) is 35.5 Å². The van der Waals surface area contributed by atoms with Gasteiger partial charge in [-0.25, -0.2) is 9.97 Å². The van der Waals surface area contributed by atoms with Crippen LogP contribution in [0.2, 0.25) is 0 Å². The summed E-state index contributed by atoms with van der Waals surface area (Å²) in [7, 11) is 2.13. The lowest BCUT2D eigenvalue weighted by atomic mass is 10.1. The topological polar surface area (TPSA) is 84.1 Å². The Morgan fingerprint density at radius 3 is 2.96 bits per heavy atom. The molecule has 3 aromatic rings. The molecule has 0 saturated heterocycles. The molecule has 0 atom stereocenters. The Kier molecular flexibility index (Phi) is 5.79. The molecule has 0 fully saturated rings. The first-order valence-corrected chi connectivity index (χ1v) is 11.1. The Hall–Kier alpha value is -2.16. The highest BCUT2D eigenvalue weighted by Crippen LogP contribution is 2.37. The average molecular weight is 414 g/mol. The molecule has 0 aliphatic carbocycles. The maximum absolute atomic E-state index is 12.1. The van der Waals surface area contributed by atoms with E-state index in [0.29, 0.717) is 17.5 Å². The third kappa shape index (κ3) is 4.29. The molecule has 8 heteroatoms. The first kappa shape index (κ1) is 19.2. The van der Waals surface area contributed by atoms with Crippen molar-refractivity contribution in [3.8, 4) is 0 Å². The summed E-state index contributed by atoms with van der Waals surface area (Å²) in [6, 6.07) is 10.1. The molecule has 3 N–H and O–H groups in total. The summed E-state index contributed by atoms with van der Waals surface area (Å²) in [5, 5.41) is 4.52. The van der Waals surface area contributed by atoms with E-state index < -0.39 is 0 Å². The summed E-state index contributed by atoms with van der Waals surface area (Å²) in [5.41, 5.74) is 8.75. The first-order valence-electron chi connectivity index (χ1n) is 9.30. The predicted octanol–water partition coefficient (Wildman–Crippen LogP) is 2.71. The molecule has 3 heterocycles. The number of aromatic nitrogens is 2. The van der Waals surface area contributed by atoms with E-state index >= 15 is 0 Å². The number of carbonyl (C=O) groups excluding carboxylic acids is 1. The molecule has 1 aliphatic heterocycles. The number of nitrogens with two attached hydrogens (primary N) is 1. The minimum atomic E-state index is -0.0182. The van der Waals surface area contributed by atoms with Crippen LogP contribution in [0, 0.1) is 0 Å². The second kappa shape index (κ2) is 8.46. The minimum Gasteiger partial charge on any atom is -0.383 e. The number of hydrogen-bond acceptors (Lipinski definition) is 7. The van der Waals surface area contributed by atoms with E-state index in [1.54, 1.807) is 11.3 Å². The Morgan fingerprint density at radius 2 is 2.14 bits per heavy atom. The van der Waals surface area contributed by atoms with Gasteiger partial charge in [-0.15, -0.1) is 11.3 Å². The molecule has 2 aromatic heterocycles. The third-order valence-electron chi connectivity index (χ3n) is 4.81. The van der Waals surface area contributed by atoms with E-state index in [-0.39, 0.29) is 11.7 Å². The van der Waals surface area contributed by atoms with Gasteiger partial charge in [0.05, 0.1) is 11.1 Å². The van der Waals surface area contributed by atoms with Crippen molar-refractivity contribution in [2.45, 2.75) is 24.5 Å². The van der Waals surface area contributed by atoms with Crippen LogP contribution in [-0.2, 0) is 24.2 Å². The number of nitrogens with zero attached hydrogens (tertiary/aromatic N) is 3. The van der Waals surface area contributed by atoms with E-state index in [1.165, 1.54) is 27.8 Å². The number of likely N-dealkylation sites (N-methyl/N-ethyl adjacent to an activating group) is 1. The predicted molar refractivity (Wildman–Crippen MR) is 116 cm³/mol. The number of nitrogen functional groups attached to an aromatic ring is 1. The third-order valence-corrected chi connectivity index (χ3v) is 6.77. The van der Waals surface area contributed by atoms with Crippen molar-refractivity contribution in [3.63, 3.8) is 0 Å². The van der Waals surface area contributed by atoms with Gasteiger partial charge in [-0.2, -0.15) is 0 Å². The lowest BCUT2D eigenvalue weighted by molar-refractivity contribution is -0.118. The van der Waals surface area contributed by atoms with Gasteiger partial charge < -0.3 is 16.0 Å². The monoisotopic (exact) mass is 413 g/mol. The van der Waals surface area contributed by atoms with E-state index in [0.717, 1.165) is 36.1 Å². The molecule has 0 radical (unpaired) electrons. The van der Waals surface area contributed by atoms with Gasteiger partial charge >= 0.3 is 0 Å². The van der Waals surface area contributed by atoms with Gasteiger partial charge in [-0.3, -0.25) is 4.79 Å². The van der Waals surface area contributed by atoms with Crippen LogP contribution < -0.4 is 11.1 Å². The van der Waals surface area contributed by atoms with E-state index in [9.17, 15) is 4.79 Å². The van der Waals surface area contributed by atoms with Crippen molar-refractivity contribution in [2.75, 3.05) is 31.6 Å². The Bertz CT molecular complexity index is 989. The summed E-state index contributed by atoms with van der Waals surface area (Å²) in [5.74, 6) is 0.794. The molecular formula is C20H23N5OS2. The quantitative estimate of drug-likeness (QED) is 0.477. The van der Waals surface area contributed by atoms with Crippen LogP contribution in [-0.4, -0.2) is 46.7 Å². The Balaban J connectivity index is 1.36. The smallest absolute Gasteiger partial charge is 0.230 e. The van der Waals surface area contributed by atoms with Crippen molar-refractivity contribution < 1.29 is 4.79 Å². The van der Waals surface area contributed by atoms with Crippen molar-refractivity contribution in [1.29, 1.82) is 0 Å². The van der Waals surface area contributed by atoms with Crippen molar-refractivity contribution >= 4 is 45.0 Å². The largest absolute Gasteiger partial charge is 0.383 e. The maximum atomic E-state index is 12.1. The standard InChI is InChI=1S/C20H23N5OS2/c1-25-10-8-14-15(11-25)28-19-17(14)18(21)23-20(24-19)27-12-16(26)22-9-7-13-5-3-2-4-6-13/h2-6H,7-12H2,1H3,(H,22,26)(H2,21,23,24). The zero-order valence-electron chi connectivity index (χ0n) is 15.8. The zero-order valence-corrected chi connectivity index (χ0v) is 17.4. The van der Waals surface area contributed by atoms with Crippen LogP contribution in [0.5, 0.6) is 0 Å². The molecule has 1 aliphatic rings. The summed E-state index contributed by atoms with van der Waals surface area (Å²) in [6.45, 7) is 2.58. The minimum absolute atomic E-state index is 0.0182. The van der Waals surface area contributed by atoms with Gasteiger partial charge in [0.1, 0.15) is 10.6 Å². The molecule has 146 valence electrons. The molecule has 0 saturated carbocycles. The second-order valence-corrected chi connectivity index (χ2v) is 8.96.